The molecule has 7 N–H and O–H groups in total. The number of carbonyl (C=O) groups is 7. The predicted molar refractivity (Wildman–Crippen MR) is 143 cm³/mol. The van der Waals surface area contributed by atoms with Gasteiger partial charge in [-0.15, -0.1) is 0 Å². The molecule has 0 amide bonds. The van der Waals surface area contributed by atoms with Crippen LogP contribution in [0.15, 0.2) is 0 Å². The molecular weight excluding hydrogens is 664 g/mol. The summed E-state index contributed by atoms with van der Waals surface area (Å²) in [6.45, 7) is 4.47. The van der Waals surface area contributed by atoms with Gasteiger partial charge in [0.05, 0.1) is 0 Å². The highest BCUT2D eigenvalue weighted by molar-refractivity contribution is 9.09. The minimum absolute atomic E-state index is 0.503. The van der Waals surface area contributed by atoms with Crippen LogP contribution in [0.25, 0.3) is 0 Å². The first kappa shape index (κ1) is 38.0. The summed E-state index contributed by atoms with van der Waals surface area (Å²) < 4.78 is 16.3. The van der Waals surface area contributed by atoms with Crippen LogP contribution in [0.2, 0.25) is 0 Å². The van der Waals surface area contributed by atoms with E-state index in [1.807, 2.05) is 0 Å². The summed E-state index contributed by atoms with van der Waals surface area (Å²) in [6.07, 6.45) is -15.7. The van der Waals surface area contributed by atoms with Gasteiger partial charge >= 0.3 is 0 Å². The fourth-order valence-corrected chi connectivity index (χ4v) is 6.59. The molecule has 2 saturated heterocycles. The Hall–Kier alpha value is -2.23. The smallest absolute Gasteiger partial charge is 0.213 e. The number of hydrogen-bond donors (Lipinski definition) is 7. The fourth-order valence-electron chi connectivity index (χ4n) is 5.67. The van der Waals surface area contributed by atoms with Gasteiger partial charge in [-0.2, -0.15) is 0 Å². The Labute approximate surface area is 258 Å². The summed E-state index contributed by atoms with van der Waals surface area (Å²) in [5.74, 6) is -10.2. The van der Waals surface area contributed by atoms with Crippen molar-refractivity contribution in [3.8, 4) is 0 Å². The molecule has 0 aromatic carbocycles. The quantitative estimate of drug-likeness (QED) is 0.100. The Bertz CT molecular complexity index is 1280. The molecule has 0 aromatic heterocycles. The Balaban J connectivity index is 3.07. The summed E-state index contributed by atoms with van der Waals surface area (Å²) >= 11 is 2.78. The van der Waals surface area contributed by atoms with Crippen molar-refractivity contribution in [2.24, 2.45) is 0 Å². The van der Waals surface area contributed by atoms with E-state index in [2.05, 4.69) is 15.9 Å². The number of halogens is 1. The number of carbonyl (C=O) groups excluding carboxylic acids is 7. The van der Waals surface area contributed by atoms with Crippen LogP contribution < -0.4 is 0 Å². The lowest BCUT2D eigenvalue weighted by Gasteiger charge is -2.60. The van der Waals surface area contributed by atoms with E-state index in [1.165, 1.54) is 0 Å². The molecule has 4 unspecified atom stereocenters. The van der Waals surface area contributed by atoms with E-state index in [0.29, 0.717) is 34.6 Å². The van der Waals surface area contributed by atoms with Crippen LogP contribution in [0.3, 0.4) is 0 Å². The number of Topliss-reactive ketones (excluding diaryl/α,β-unsaturated/α-hetero) is 7. The van der Waals surface area contributed by atoms with Gasteiger partial charge in [0, 0.05) is 0 Å². The molecule has 12 atom stereocenters. The van der Waals surface area contributed by atoms with Gasteiger partial charge in [0.25, 0.3) is 0 Å². The lowest BCUT2D eigenvalue weighted by atomic mass is 9.60. The van der Waals surface area contributed by atoms with Crippen LogP contribution >= 0.6 is 15.9 Å². The molecule has 0 saturated carbocycles. The zero-order valence-electron chi connectivity index (χ0n) is 24.6. The average molecular weight is 699 g/mol. The summed E-state index contributed by atoms with van der Waals surface area (Å²) in [6, 6.07) is 0. The Morgan fingerprint density at radius 2 is 1.02 bits per heavy atom. The highest BCUT2D eigenvalue weighted by Gasteiger charge is 2.81. The lowest BCUT2D eigenvalue weighted by molar-refractivity contribution is -0.399. The third kappa shape index (κ3) is 4.87. The fraction of sp³-hybridized carbons (Fsp3) is 0.731. The molecule has 2 fully saturated rings. The molecule has 18 heteroatoms. The van der Waals surface area contributed by atoms with Crippen LogP contribution in [-0.2, 0) is 47.8 Å². The maximum absolute atomic E-state index is 13.1. The molecule has 248 valence electrons. The first-order valence-electron chi connectivity index (χ1n) is 12.9. The van der Waals surface area contributed by atoms with Gasteiger partial charge in [-0.25, -0.2) is 0 Å². The van der Waals surface area contributed by atoms with Crippen LogP contribution in [0, 0.1) is 0 Å². The number of rotatable bonds is 11. The van der Waals surface area contributed by atoms with Gasteiger partial charge < -0.3 is 50.0 Å². The topological polar surface area (TPSA) is 289 Å². The molecule has 2 aliphatic rings. The number of hydrogen-bond acceptors (Lipinski definition) is 17. The monoisotopic (exact) mass is 698 g/mol. The Kier molecular flexibility index (Phi) is 10.5. The van der Waals surface area contributed by atoms with Crippen LogP contribution in [-0.4, -0.2) is 146 Å². The van der Waals surface area contributed by atoms with Crippen molar-refractivity contribution in [1.82, 2.24) is 0 Å². The SMILES string of the molecule is CC(=O)C(O)[C@H]1OC(Br)[C@@](O)(C(C)=O)[C@](O)(C(C)=O)[C@@H]1OC1O[C@H](C(O)C(C)=O)[C@](O)(C(C)=O)[C@@](O)(C(C)=O)[C@]1(O)C(C)=O. The summed E-state index contributed by atoms with van der Waals surface area (Å²) in [4.78, 5) is 89.0. The van der Waals surface area contributed by atoms with Gasteiger partial charge in [0.2, 0.25) is 11.2 Å². The molecular formula is C26H35BrO17. The molecule has 0 aliphatic carbocycles. The van der Waals surface area contributed by atoms with E-state index in [0.717, 1.165) is 13.8 Å². The number of aliphatic hydroxyl groups excluding tert-OH is 2. The van der Waals surface area contributed by atoms with Gasteiger partial charge in [-0.05, 0) is 48.5 Å². The van der Waals surface area contributed by atoms with Crippen molar-refractivity contribution < 1.29 is 83.5 Å². The lowest BCUT2D eigenvalue weighted by Crippen LogP contribution is -2.88. The highest BCUT2D eigenvalue weighted by atomic mass is 79.9. The van der Waals surface area contributed by atoms with Crippen molar-refractivity contribution in [3.05, 3.63) is 0 Å². The third-order valence-corrected chi connectivity index (χ3v) is 9.26. The van der Waals surface area contributed by atoms with E-state index in [4.69, 9.17) is 14.2 Å². The van der Waals surface area contributed by atoms with Crippen molar-refractivity contribution >= 4 is 56.4 Å². The van der Waals surface area contributed by atoms with Crippen molar-refractivity contribution in [1.29, 1.82) is 0 Å². The molecule has 0 radical (unpaired) electrons. The van der Waals surface area contributed by atoms with Gasteiger partial charge in [0.1, 0.15) is 30.5 Å². The van der Waals surface area contributed by atoms with Crippen LogP contribution in [0.1, 0.15) is 48.5 Å². The second kappa shape index (κ2) is 12.2. The van der Waals surface area contributed by atoms with E-state index in [1.54, 1.807) is 0 Å². The Morgan fingerprint density at radius 1 is 0.614 bits per heavy atom. The Morgan fingerprint density at radius 3 is 1.36 bits per heavy atom. The zero-order valence-corrected chi connectivity index (χ0v) is 26.2. The standard InChI is InChI=1S/C26H35BrO17/c1-8(28)15(35)17-19(22(37,10(3)30)24(39,12(5)32)20(27)42-17)44-21-25(40,13(6)33)26(41,14(7)34)23(38,11(4)31)18(43-21)16(36)9(2)29/h15-21,35-41H,1-7H3/t15?,16?,17-,18-,19-,20?,21?,22+,23-,24+,25+,26+/m1/s1. The minimum Gasteiger partial charge on any atom is -0.382 e. The number of ketones is 7. The highest BCUT2D eigenvalue weighted by Crippen LogP contribution is 2.51. The van der Waals surface area contributed by atoms with Crippen LogP contribution in [0.4, 0.5) is 0 Å². The normalized spacial score (nSPS) is 42.1. The first-order valence-corrected chi connectivity index (χ1v) is 13.8. The first-order chi connectivity index (χ1) is 19.8. The summed E-state index contributed by atoms with van der Waals surface area (Å²) in [5, 5.41) is 77.4. The molecule has 2 heterocycles. The molecule has 0 aromatic rings. The maximum atomic E-state index is 13.1. The molecule has 17 nitrogen and oxygen atoms in total. The molecule has 2 rings (SSSR count). The number of alkyl halides is 1. The van der Waals surface area contributed by atoms with E-state index in [-0.39, 0.29) is 0 Å². The van der Waals surface area contributed by atoms with Gasteiger partial charge in [-0.1, -0.05) is 15.9 Å². The molecule has 2 aliphatic heterocycles. The second-order valence-corrected chi connectivity index (χ2v) is 11.9. The van der Waals surface area contributed by atoms with E-state index in [9.17, 15) is 69.3 Å². The number of ether oxygens (including phenoxy) is 3. The van der Waals surface area contributed by atoms with Gasteiger partial charge in [0.15, 0.2) is 68.6 Å². The predicted octanol–water partition coefficient (Wildman–Crippen LogP) is -4.28. The van der Waals surface area contributed by atoms with Gasteiger partial charge in [-0.3, -0.25) is 33.6 Å². The largest absolute Gasteiger partial charge is 0.382 e. The van der Waals surface area contributed by atoms with E-state index < -0.39 is 110 Å². The van der Waals surface area contributed by atoms with Crippen LogP contribution in [0.5, 0.6) is 0 Å². The average Bonchev–Trinajstić information content (AvgIpc) is 2.91. The summed E-state index contributed by atoms with van der Waals surface area (Å²) in [5.41, 5.74) is -18.6. The molecule has 0 bridgehead atoms. The second-order valence-electron chi connectivity index (χ2n) is 11.0. The van der Waals surface area contributed by atoms with E-state index >= 15 is 0 Å². The zero-order chi connectivity index (χ0) is 34.7. The van der Waals surface area contributed by atoms with Crippen molar-refractivity contribution in [2.75, 3.05) is 0 Å². The minimum atomic E-state index is -4.02. The van der Waals surface area contributed by atoms with Crippen molar-refractivity contribution in [3.63, 3.8) is 0 Å². The number of aliphatic hydroxyl groups is 7. The summed E-state index contributed by atoms with van der Waals surface area (Å²) in [7, 11) is 0. The third-order valence-electron chi connectivity index (χ3n) is 8.38. The molecule has 44 heavy (non-hydrogen) atoms. The maximum Gasteiger partial charge on any atom is 0.213 e. The van der Waals surface area contributed by atoms with Crippen molar-refractivity contribution in [2.45, 2.75) is 118 Å². The molecule has 0 spiro atoms.